The quantitative estimate of drug-likeness (QED) is 0.284. The van der Waals surface area contributed by atoms with Gasteiger partial charge in [-0.3, -0.25) is 4.99 Å². The summed E-state index contributed by atoms with van der Waals surface area (Å²) in [6.07, 6.45) is 2.64. The molecule has 1 aromatic rings. The normalized spacial score (nSPS) is 14.1. The Labute approximate surface area is 182 Å². The highest BCUT2D eigenvalue weighted by Crippen LogP contribution is 2.29. The molecule has 0 atom stereocenters. The lowest BCUT2D eigenvalue weighted by Crippen LogP contribution is -2.40. The maximum absolute atomic E-state index is 5.95. The molecular formula is C23H40N4O3. The highest BCUT2D eigenvalue weighted by molar-refractivity contribution is 5.79. The Bertz CT molecular complexity index is 645. The summed E-state index contributed by atoms with van der Waals surface area (Å²) < 4.78 is 17.2. The fraction of sp³-hybridized carbons (Fsp3) is 0.696. The highest BCUT2D eigenvalue weighted by atomic mass is 16.5. The summed E-state index contributed by atoms with van der Waals surface area (Å²) in [5, 5.41) is 3.41. The van der Waals surface area contributed by atoms with Crippen LogP contribution < -0.4 is 14.8 Å². The molecule has 7 nitrogen and oxygen atoms in total. The van der Waals surface area contributed by atoms with Crippen molar-refractivity contribution in [2.24, 2.45) is 10.9 Å². The van der Waals surface area contributed by atoms with E-state index in [0.29, 0.717) is 13.2 Å². The maximum Gasteiger partial charge on any atom is 0.193 e. The minimum atomic E-state index is 0.649. The number of rotatable bonds is 14. The summed E-state index contributed by atoms with van der Waals surface area (Å²) >= 11 is 0. The largest absolute Gasteiger partial charge is 0.493 e. The number of hydrogen-bond donors (Lipinski definition) is 1. The fourth-order valence-electron chi connectivity index (χ4n) is 3.17. The number of methoxy groups -OCH3 is 1. The van der Waals surface area contributed by atoms with Crippen molar-refractivity contribution in [3.8, 4) is 11.5 Å². The molecule has 1 fully saturated rings. The van der Waals surface area contributed by atoms with E-state index in [9.17, 15) is 0 Å². The van der Waals surface area contributed by atoms with E-state index in [1.165, 1.54) is 12.8 Å². The zero-order chi connectivity index (χ0) is 21.8. The molecule has 1 saturated carbocycles. The Morgan fingerprint density at radius 3 is 2.53 bits per heavy atom. The molecule has 0 saturated heterocycles. The zero-order valence-electron chi connectivity index (χ0n) is 19.4. The predicted molar refractivity (Wildman–Crippen MR) is 123 cm³/mol. The number of aliphatic imine (C=N–C) groups is 1. The molecule has 1 N–H and O–H groups in total. The zero-order valence-corrected chi connectivity index (χ0v) is 19.4. The molecule has 0 unspecified atom stereocenters. The topological polar surface area (TPSA) is 58.6 Å². The van der Waals surface area contributed by atoms with E-state index in [4.69, 9.17) is 14.2 Å². The van der Waals surface area contributed by atoms with E-state index >= 15 is 0 Å². The van der Waals surface area contributed by atoms with Crippen molar-refractivity contribution in [1.29, 1.82) is 0 Å². The van der Waals surface area contributed by atoms with Gasteiger partial charge in [0.05, 0.1) is 13.7 Å². The predicted octanol–water partition coefficient (Wildman–Crippen LogP) is 2.85. The molecule has 1 aromatic carbocycles. The Morgan fingerprint density at radius 2 is 1.90 bits per heavy atom. The summed E-state index contributed by atoms with van der Waals surface area (Å²) in [4.78, 5) is 8.81. The van der Waals surface area contributed by atoms with Crippen LogP contribution in [0.4, 0.5) is 0 Å². The van der Waals surface area contributed by atoms with E-state index in [1.54, 1.807) is 14.2 Å². The Morgan fingerprint density at radius 1 is 1.13 bits per heavy atom. The third-order valence-electron chi connectivity index (χ3n) is 5.43. The Hall–Kier alpha value is -1.99. The molecule has 0 aliphatic heterocycles. The third-order valence-corrected chi connectivity index (χ3v) is 5.43. The van der Waals surface area contributed by atoms with Gasteiger partial charge in [-0.05, 0) is 49.5 Å². The molecule has 0 spiro atoms. The first-order chi connectivity index (χ1) is 14.6. The number of hydrogen-bond acceptors (Lipinski definition) is 5. The molecule has 1 aliphatic carbocycles. The molecule has 0 radical (unpaired) electrons. The van der Waals surface area contributed by atoms with Crippen LogP contribution in [0.2, 0.25) is 0 Å². The van der Waals surface area contributed by atoms with Crippen LogP contribution in [0, 0.1) is 5.92 Å². The number of nitrogens with one attached hydrogen (secondary N) is 1. The molecular weight excluding hydrogens is 380 g/mol. The number of benzene rings is 1. The highest BCUT2D eigenvalue weighted by Gasteiger charge is 2.21. The number of likely N-dealkylation sites (N-methyl/N-ethyl adjacent to an activating group) is 2. The van der Waals surface area contributed by atoms with Crippen LogP contribution in [0.3, 0.4) is 0 Å². The summed E-state index contributed by atoms with van der Waals surface area (Å²) in [5.41, 5.74) is 1.11. The van der Waals surface area contributed by atoms with Gasteiger partial charge in [-0.15, -0.1) is 0 Å². The second-order valence-electron chi connectivity index (χ2n) is 7.70. The van der Waals surface area contributed by atoms with Crippen LogP contribution in [-0.2, 0) is 11.3 Å². The van der Waals surface area contributed by atoms with E-state index in [2.05, 4.69) is 40.0 Å². The molecule has 0 amide bonds. The number of ether oxygens (including phenoxy) is 3. The molecule has 7 heteroatoms. The fourth-order valence-corrected chi connectivity index (χ4v) is 3.17. The first-order valence-electron chi connectivity index (χ1n) is 11.1. The van der Waals surface area contributed by atoms with Crippen LogP contribution in [0.25, 0.3) is 0 Å². The van der Waals surface area contributed by atoms with Crippen LogP contribution in [0.5, 0.6) is 11.5 Å². The van der Waals surface area contributed by atoms with Gasteiger partial charge in [0.1, 0.15) is 6.61 Å². The lowest BCUT2D eigenvalue weighted by molar-refractivity contribution is 0.115. The SMILES string of the molecule is CCN(CC)CCOc1ccc(CNC(=NC)N(C)CCOCC2CC2)cc1OC. The van der Waals surface area contributed by atoms with Crippen molar-refractivity contribution in [3.63, 3.8) is 0 Å². The maximum atomic E-state index is 5.95. The summed E-state index contributed by atoms with van der Waals surface area (Å²) in [6.45, 7) is 11.0. The van der Waals surface area contributed by atoms with Crippen molar-refractivity contribution < 1.29 is 14.2 Å². The average molecular weight is 421 g/mol. The number of guanidine groups is 1. The van der Waals surface area contributed by atoms with Crippen molar-refractivity contribution >= 4 is 5.96 Å². The Kier molecular flexibility index (Phi) is 10.8. The number of nitrogens with zero attached hydrogens (tertiary/aromatic N) is 3. The first kappa shape index (κ1) is 24.3. The molecule has 0 heterocycles. The van der Waals surface area contributed by atoms with Gasteiger partial charge >= 0.3 is 0 Å². The summed E-state index contributed by atoms with van der Waals surface area (Å²) in [5.74, 6) is 3.18. The van der Waals surface area contributed by atoms with E-state index < -0.39 is 0 Å². The van der Waals surface area contributed by atoms with E-state index in [0.717, 1.165) is 68.3 Å². The van der Waals surface area contributed by atoms with Gasteiger partial charge in [-0.25, -0.2) is 0 Å². The smallest absolute Gasteiger partial charge is 0.193 e. The minimum absolute atomic E-state index is 0.649. The van der Waals surface area contributed by atoms with Crippen LogP contribution in [0.15, 0.2) is 23.2 Å². The van der Waals surface area contributed by atoms with Crippen molar-refractivity contribution in [3.05, 3.63) is 23.8 Å². The van der Waals surface area contributed by atoms with E-state index in [-0.39, 0.29) is 0 Å². The van der Waals surface area contributed by atoms with Gasteiger partial charge in [-0.2, -0.15) is 0 Å². The second-order valence-corrected chi connectivity index (χ2v) is 7.70. The van der Waals surface area contributed by atoms with Crippen LogP contribution in [-0.4, -0.2) is 83.0 Å². The molecule has 0 bridgehead atoms. The summed E-state index contributed by atoms with van der Waals surface area (Å²) in [6, 6.07) is 6.07. The van der Waals surface area contributed by atoms with Gasteiger partial charge in [0.25, 0.3) is 0 Å². The monoisotopic (exact) mass is 420 g/mol. The lowest BCUT2D eigenvalue weighted by atomic mass is 10.2. The first-order valence-corrected chi connectivity index (χ1v) is 11.1. The third kappa shape index (κ3) is 8.40. The van der Waals surface area contributed by atoms with Gasteiger partial charge in [0.15, 0.2) is 17.5 Å². The van der Waals surface area contributed by atoms with Gasteiger partial charge in [-0.1, -0.05) is 19.9 Å². The Balaban J connectivity index is 1.79. The summed E-state index contributed by atoms with van der Waals surface area (Å²) in [7, 11) is 5.51. The second kappa shape index (κ2) is 13.3. The molecule has 2 rings (SSSR count). The molecule has 30 heavy (non-hydrogen) atoms. The lowest BCUT2D eigenvalue weighted by Gasteiger charge is -2.22. The van der Waals surface area contributed by atoms with Gasteiger partial charge in [0, 0.05) is 40.3 Å². The van der Waals surface area contributed by atoms with Crippen molar-refractivity contribution in [2.45, 2.75) is 33.2 Å². The van der Waals surface area contributed by atoms with Crippen LogP contribution >= 0.6 is 0 Å². The van der Waals surface area contributed by atoms with Crippen molar-refractivity contribution in [2.75, 3.05) is 67.2 Å². The molecule has 170 valence electrons. The van der Waals surface area contributed by atoms with Crippen LogP contribution in [0.1, 0.15) is 32.3 Å². The minimum Gasteiger partial charge on any atom is -0.493 e. The molecule has 1 aliphatic rings. The van der Waals surface area contributed by atoms with Gasteiger partial charge < -0.3 is 29.3 Å². The van der Waals surface area contributed by atoms with Crippen molar-refractivity contribution in [1.82, 2.24) is 15.1 Å². The van der Waals surface area contributed by atoms with E-state index in [1.807, 2.05) is 19.2 Å². The van der Waals surface area contributed by atoms with Gasteiger partial charge in [0.2, 0.25) is 0 Å². The average Bonchev–Trinajstić information content (AvgIpc) is 3.59. The standard InChI is InChI=1S/C23H40N4O3/c1-6-27(7-2)13-15-30-21-11-10-20(16-22(21)28-5)17-25-23(24-3)26(4)12-14-29-18-19-8-9-19/h10-11,16,19H,6-9,12-15,17-18H2,1-5H3,(H,24,25). The molecule has 0 aromatic heterocycles.